The van der Waals surface area contributed by atoms with Crippen molar-refractivity contribution < 1.29 is 24.4 Å². The number of nitrogens with one attached hydrogen (secondary N) is 2. The minimum absolute atomic E-state index is 0.0273. The van der Waals surface area contributed by atoms with Gasteiger partial charge in [-0.05, 0) is 25.0 Å². The van der Waals surface area contributed by atoms with Gasteiger partial charge in [-0.15, -0.1) is 0 Å². The lowest BCUT2D eigenvalue weighted by molar-refractivity contribution is -0.718. The molecule has 3 aliphatic rings. The fraction of sp³-hybridized carbons (Fsp3) is 0.556. The summed E-state index contributed by atoms with van der Waals surface area (Å²) >= 11 is 0. The Bertz CT molecular complexity index is 678. The molecule has 2 fully saturated rings. The van der Waals surface area contributed by atoms with Gasteiger partial charge in [0.05, 0.1) is 12.5 Å². The third-order valence-corrected chi connectivity index (χ3v) is 5.19. The molecule has 4 rings (SSSR count). The van der Waals surface area contributed by atoms with Crippen LogP contribution in [0.25, 0.3) is 0 Å². The van der Waals surface area contributed by atoms with E-state index in [0.717, 1.165) is 12.8 Å². The lowest BCUT2D eigenvalue weighted by atomic mass is 9.87. The van der Waals surface area contributed by atoms with Crippen molar-refractivity contribution in [2.24, 2.45) is 0 Å². The highest BCUT2D eigenvalue weighted by Crippen LogP contribution is 2.32. The zero-order valence-electron chi connectivity index (χ0n) is 14.1. The summed E-state index contributed by atoms with van der Waals surface area (Å²) in [6.45, 7) is 1.04. The molecule has 1 aromatic carbocycles. The lowest BCUT2D eigenvalue weighted by Crippen LogP contribution is -3.03. The topological polar surface area (TPSA) is 93.3 Å². The summed E-state index contributed by atoms with van der Waals surface area (Å²) in [5, 5.41) is 8.04. The fourth-order valence-electron chi connectivity index (χ4n) is 3.94. The van der Waals surface area contributed by atoms with E-state index in [4.69, 9.17) is 9.47 Å². The highest BCUT2D eigenvalue weighted by atomic mass is 16.6. The largest absolute Gasteiger partial charge is 0.486 e. The number of carbonyl (C=O) groups is 2. The molecule has 7 heteroatoms. The number of carbonyl (C=O) groups excluding carboxylic acids is 2. The van der Waals surface area contributed by atoms with Crippen LogP contribution >= 0.6 is 0 Å². The Kier molecular flexibility index (Phi) is 4.48. The second kappa shape index (κ2) is 6.92. The van der Waals surface area contributed by atoms with Crippen LogP contribution in [0, 0.1) is 0 Å². The number of amides is 2. The summed E-state index contributed by atoms with van der Waals surface area (Å²) in [5.74, 6) is 1.13. The fourth-order valence-corrected chi connectivity index (χ4v) is 3.94. The van der Waals surface area contributed by atoms with Crippen molar-refractivity contribution in [3.05, 3.63) is 18.2 Å². The van der Waals surface area contributed by atoms with Crippen LogP contribution in [0.1, 0.15) is 32.1 Å². The average molecular weight is 346 g/mol. The van der Waals surface area contributed by atoms with Crippen LogP contribution in [0.5, 0.6) is 11.5 Å². The zero-order valence-corrected chi connectivity index (χ0v) is 14.1. The molecule has 0 bridgehead atoms. The summed E-state index contributed by atoms with van der Waals surface area (Å²) in [6.07, 6.45) is 4.69. The highest BCUT2D eigenvalue weighted by molar-refractivity contribution is 5.95. The molecular formula is C18H24N3O4+. The van der Waals surface area contributed by atoms with Gasteiger partial charge in [0.2, 0.25) is 5.91 Å². The maximum atomic E-state index is 12.4. The first-order valence-corrected chi connectivity index (χ1v) is 9.04. The molecule has 25 heavy (non-hydrogen) atoms. The number of nitrogens with two attached hydrogens (primary N) is 1. The number of hydrogen-bond donors (Lipinski definition) is 3. The van der Waals surface area contributed by atoms with Crippen molar-refractivity contribution in [1.29, 1.82) is 0 Å². The summed E-state index contributed by atoms with van der Waals surface area (Å²) in [5.41, 5.74) is 0.654. The van der Waals surface area contributed by atoms with Gasteiger partial charge in [-0.1, -0.05) is 6.42 Å². The van der Waals surface area contributed by atoms with Crippen LogP contribution in [0.4, 0.5) is 5.69 Å². The van der Waals surface area contributed by atoms with Crippen LogP contribution in [0.2, 0.25) is 0 Å². The van der Waals surface area contributed by atoms with Crippen LogP contribution < -0.4 is 25.4 Å². The molecule has 0 spiro atoms. The minimum Gasteiger partial charge on any atom is -0.486 e. The van der Waals surface area contributed by atoms with Crippen LogP contribution in [-0.2, 0) is 9.59 Å². The molecule has 0 unspecified atom stereocenters. The van der Waals surface area contributed by atoms with E-state index in [2.05, 4.69) is 16.0 Å². The van der Waals surface area contributed by atoms with Gasteiger partial charge in [-0.25, -0.2) is 0 Å². The van der Waals surface area contributed by atoms with Crippen molar-refractivity contribution >= 4 is 17.5 Å². The third-order valence-electron chi connectivity index (χ3n) is 5.19. The quantitative estimate of drug-likeness (QED) is 0.727. The number of rotatable bonds is 3. The third kappa shape index (κ3) is 3.56. The molecule has 2 heterocycles. The Morgan fingerprint density at radius 1 is 1.20 bits per heavy atom. The van der Waals surface area contributed by atoms with E-state index >= 15 is 0 Å². The molecule has 2 amide bonds. The summed E-state index contributed by atoms with van der Waals surface area (Å²) in [7, 11) is 0. The van der Waals surface area contributed by atoms with Gasteiger partial charge >= 0.3 is 0 Å². The predicted molar refractivity (Wildman–Crippen MR) is 90.6 cm³/mol. The highest BCUT2D eigenvalue weighted by Gasteiger charge is 2.40. The maximum absolute atomic E-state index is 12.4. The molecule has 1 aromatic rings. The smallest absolute Gasteiger partial charge is 0.279 e. The standard InChI is InChI=1S/C18H23N3O4/c22-17(19-11-5-6-15-16(9-11)25-8-7-24-15)10-14-18(23)21-13-4-2-1-3-12(13)20-14/h5-6,9,12-14,20H,1-4,7-8,10H2,(H,19,22)(H,21,23)/p+1/t12-,13-,14-/m0/s1. The number of anilines is 1. The second-order valence-corrected chi connectivity index (χ2v) is 6.97. The second-order valence-electron chi connectivity index (χ2n) is 6.97. The molecule has 3 atom stereocenters. The number of piperazine rings is 1. The number of benzene rings is 1. The van der Waals surface area contributed by atoms with E-state index in [1.807, 2.05) is 0 Å². The SMILES string of the molecule is O=C(C[C@@H]1[NH2+][C@H]2CCCC[C@@H]2NC1=O)Nc1ccc2c(c1)OCCO2. The Labute approximate surface area is 146 Å². The van der Waals surface area contributed by atoms with E-state index in [0.29, 0.717) is 36.4 Å². The van der Waals surface area contributed by atoms with Crippen molar-refractivity contribution in [1.82, 2.24) is 5.32 Å². The van der Waals surface area contributed by atoms with Gasteiger partial charge in [0.25, 0.3) is 5.91 Å². The summed E-state index contributed by atoms with van der Waals surface area (Å²) < 4.78 is 11.0. The van der Waals surface area contributed by atoms with E-state index in [9.17, 15) is 9.59 Å². The zero-order chi connectivity index (χ0) is 17.2. The predicted octanol–water partition coefficient (Wildman–Crippen LogP) is 0.159. The van der Waals surface area contributed by atoms with Crippen molar-refractivity contribution in [2.75, 3.05) is 18.5 Å². The molecule has 134 valence electrons. The number of ether oxygens (including phenoxy) is 2. The molecule has 2 aliphatic heterocycles. The van der Waals surface area contributed by atoms with Crippen LogP contribution in [-0.4, -0.2) is 43.2 Å². The molecule has 1 aliphatic carbocycles. The van der Waals surface area contributed by atoms with Gasteiger partial charge in [0.1, 0.15) is 19.3 Å². The first kappa shape index (κ1) is 16.2. The van der Waals surface area contributed by atoms with E-state index in [1.54, 1.807) is 18.2 Å². The molecular weight excluding hydrogens is 322 g/mol. The average Bonchev–Trinajstić information content (AvgIpc) is 2.62. The van der Waals surface area contributed by atoms with Gasteiger partial charge < -0.3 is 25.4 Å². The van der Waals surface area contributed by atoms with Crippen molar-refractivity contribution in [3.63, 3.8) is 0 Å². The lowest BCUT2D eigenvalue weighted by Gasteiger charge is -2.37. The Morgan fingerprint density at radius 2 is 2.00 bits per heavy atom. The van der Waals surface area contributed by atoms with Crippen molar-refractivity contribution in [3.8, 4) is 11.5 Å². The Balaban J connectivity index is 1.36. The maximum Gasteiger partial charge on any atom is 0.279 e. The molecule has 0 aromatic heterocycles. The molecule has 1 saturated heterocycles. The first-order valence-electron chi connectivity index (χ1n) is 9.04. The molecule has 7 nitrogen and oxygen atoms in total. The van der Waals surface area contributed by atoms with E-state index in [-0.39, 0.29) is 30.3 Å². The molecule has 1 saturated carbocycles. The molecule has 4 N–H and O–H groups in total. The summed E-state index contributed by atoms with van der Waals surface area (Å²) in [6, 6.07) is 5.64. The van der Waals surface area contributed by atoms with Gasteiger partial charge in [-0.2, -0.15) is 0 Å². The first-order chi connectivity index (χ1) is 12.2. The number of hydrogen-bond acceptors (Lipinski definition) is 4. The van der Waals surface area contributed by atoms with E-state index < -0.39 is 0 Å². The normalized spacial score (nSPS) is 27.8. The van der Waals surface area contributed by atoms with E-state index in [1.165, 1.54) is 12.8 Å². The number of fused-ring (bicyclic) bond motifs is 2. The Hall–Kier alpha value is -2.28. The molecule has 0 radical (unpaired) electrons. The van der Waals surface area contributed by atoms with Crippen LogP contribution in [0.3, 0.4) is 0 Å². The van der Waals surface area contributed by atoms with Crippen LogP contribution in [0.15, 0.2) is 18.2 Å². The van der Waals surface area contributed by atoms with Crippen molar-refractivity contribution in [2.45, 2.75) is 50.2 Å². The van der Waals surface area contributed by atoms with Gasteiger partial charge in [-0.3, -0.25) is 9.59 Å². The monoisotopic (exact) mass is 346 g/mol. The number of quaternary nitrogens is 1. The van der Waals surface area contributed by atoms with Gasteiger partial charge in [0.15, 0.2) is 17.5 Å². The van der Waals surface area contributed by atoms with Gasteiger partial charge in [0, 0.05) is 18.2 Å². The minimum atomic E-state index is -0.350. The summed E-state index contributed by atoms with van der Waals surface area (Å²) in [4.78, 5) is 24.6. The Morgan fingerprint density at radius 3 is 2.88 bits per heavy atom.